The fourth-order valence-corrected chi connectivity index (χ4v) is 4.93. The standard InChI is InChI=1S/C26H27N5O2S/c1-2-3-11-27-24(32)19-6-4-5-17(12-19)16-31(21-8-9-21)26(33)25-30-22-10-7-18(13-23(22)34-25)20-14-28-29-15-20/h4-7,10,12-15,21H,2-3,8-9,11,16H2,1H3,(H,27,32)(H,28,29). The molecule has 1 aliphatic rings. The molecule has 34 heavy (non-hydrogen) atoms. The van der Waals surface area contributed by atoms with Crippen LogP contribution >= 0.6 is 11.3 Å². The minimum Gasteiger partial charge on any atom is -0.352 e. The number of benzene rings is 2. The van der Waals surface area contributed by atoms with Crippen LogP contribution in [0.1, 0.15) is 58.3 Å². The summed E-state index contributed by atoms with van der Waals surface area (Å²) in [4.78, 5) is 32.5. The molecule has 2 N–H and O–H groups in total. The summed E-state index contributed by atoms with van der Waals surface area (Å²) in [6.07, 6.45) is 7.62. The molecular formula is C26H27N5O2S. The fraction of sp³-hybridized carbons (Fsp3) is 0.308. The Labute approximate surface area is 202 Å². The first kappa shape index (κ1) is 22.3. The Morgan fingerprint density at radius 2 is 2.06 bits per heavy atom. The number of carbonyl (C=O) groups is 2. The summed E-state index contributed by atoms with van der Waals surface area (Å²) in [6, 6.07) is 13.8. The van der Waals surface area contributed by atoms with Crippen LogP contribution in [-0.4, -0.2) is 44.5 Å². The Morgan fingerprint density at radius 3 is 2.82 bits per heavy atom. The quantitative estimate of drug-likeness (QED) is 0.334. The van der Waals surface area contributed by atoms with Crippen LogP contribution in [0.25, 0.3) is 21.3 Å². The zero-order valence-corrected chi connectivity index (χ0v) is 19.9. The van der Waals surface area contributed by atoms with Crippen LogP contribution in [0, 0.1) is 0 Å². The molecule has 7 nitrogen and oxygen atoms in total. The fourth-order valence-electron chi connectivity index (χ4n) is 3.97. The molecule has 5 rings (SSSR count). The number of hydrogen-bond acceptors (Lipinski definition) is 5. The van der Waals surface area contributed by atoms with Crippen LogP contribution in [0.5, 0.6) is 0 Å². The Kier molecular flexibility index (Phi) is 6.40. The van der Waals surface area contributed by atoms with Crippen molar-refractivity contribution in [3.8, 4) is 11.1 Å². The maximum atomic E-state index is 13.5. The number of aromatic nitrogens is 3. The summed E-state index contributed by atoms with van der Waals surface area (Å²) < 4.78 is 0.976. The molecule has 0 bridgehead atoms. The van der Waals surface area contributed by atoms with Gasteiger partial charge in [-0.2, -0.15) is 5.10 Å². The van der Waals surface area contributed by atoms with Crippen molar-refractivity contribution in [1.29, 1.82) is 0 Å². The van der Waals surface area contributed by atoms with Gasteiger partial charge < -0.3 is 10.2 Å². The van der Waals surface area contributed by atoms with Crippen molar-refractivity contribution in [1.82, 2.24) is 25.4 Å². The average molecular weight is 474 g/mol. The first-order valence-electron chi connectivity index (χ1n) is 11.7. The van der Waals surface area contributed by atoms with Gasteiger partial charge in [0.05, 0.1) is 16.4 Å². The summed E-state index contributed by atoms with van der Waals surface area (Å²) in [5.41, 5.74) is 4.44. The molecule has 1 saturated carbocycles. The van der Waals surface area contributed by atoms with E-state index in [4.69, 9.17) is 0 Å². The highest BCUT2D eigenvalue weighted by molar-refractivity contribution is 7.20. The molecule has 0 aliphatic heterocycles. The number of hydrogen-bond donors (Lipinski definition) is 2. The highest BCUT2D eigenvalue weighted by Gasteiger charge is 2.34. The molecule has 8 heteroatoms. The summed E-state index contributed by atoms with van der Waals surface area (Å²) in [5.74, 6) is -0.120. The molecule has 0 radical (unpaired) electrons. The first-order valence-corrected chi connectivity index (χ1v) is 12.5. The molecule has 174 valence electrons. The third-order valence-corrected chi connectivity index (χ3v) is 7.02. The zero-order valence-electron chi connectivity index (χ0n) is 19.1. The number of H-pyrrole nitrogens is 1. The molecule has 0 saturated heterocycles. The van der Waals surface area contributed by atoms with Crippen molar-refractivity contribution in [3.05, 3.63) is 71.0 Å². The molecule has 0 atom stereocenters. The number of nitrogens with one attached hydrogen (secondary N) is 2. The second-order valence-corrected chi connectivity index (χ2v) is 9.69. The second kappa shape index (κ2) is 9.77. The van der Waals surface area contributed by atoms with E-state index >= 15 is 0 Å². The van der Waals surface area contributed by atoms with Crippen LogP contribution < -0.4 is 5.32 Å². The van der Waals surface area contributed by atoms with Gasteiger partial charge in [0.15, 0.2) is 5.01 Å². The molecule has 4 aromatic rings. The van der Waals surface area contributed by atoms with Gasteiger partial charge in [0, 0.05) is 36.5 Å². The maximum absolute atomic E-state index is 13.5. The van der Waals surface area contributed by atoms with Crippen LogP contribution in [0.3, 0.4) is 0 Å². The van der Waals surface area contributed by atoms with E-state index in [1.165, 1.54) is 11.3 Å². The number of nitrogens with zero attached hydrogens (tertiary/aromatic N) is 3. The Bertz CT molecular complexity index is 1310. The van der Waals surface area contributed by atoms with Gasteiger partial charge in [-0.25, -0.2) is 4.98 Å². The minimum atomic E-state index is -0.0702. The number of aromatic amines is 1. The summed E-state index contributed by atoms with van der Waals surface area (Å²) in [7, 11) is 0. The van der Waals surface area contributed by atoms with Gasteiger partial charge in [-0.3, -0.25) is 14.7 Å². The zero-order chi connectivity index (χ0) is 23.5. The van der Waals surface area contributed by atoms with E-state index in [2.05, 4.69) is 33.5 Å². The van der Waals surface area contributed by atoms with E-state index < -0.39 is 0 Å². The van der Waals surface area contributed by atoms with Gasteiger partial charge in [0.25, 0.3) is 11.8 Å². The molecule has 2 heterocycles. The third-order valence-electron chi connectivity index (χ3n) is 6.01. The number of thiazole rings is 1. The van der Waals surface area contributed by atoms with Crippen LogP contribution in [0.15, 0.2) is 54.9 Å². The van der Waals surface area contributed by atoms with Gasteiger partial charge >= 0.3 is 0 Å². The lowest BCUT2D eigenvalue weighted by atomic mass is 10.1. The molecule has 2 aromatic heterocycles. The number of amides is 2. The predicted molar refractivity (Wildman–Crippen MR) is 134 cm³/mol. The van der Waals surface area contributed by atoms with E-state index in [1.807, 2.05) is 47.5 Å². The van der Waals surface area contributed by atoms with Crippen molar-refractivity contribution in [2.24, 2.45) is 0 Å². The number of carbonyl (C=O) groups excluding carboxylic acids is 2. The van der Waals surface area contributed by atoms with Crippen LogP contribution in [-0.2, 0) is 6.54 Å². The number of fused-ring (bicyclic) bond motifs is 1. The highest BCUT2D eigenvalue weighted by atomic mass is 32.1. The van der Waals surface area contributed by atoms with E-state index in [0.717, 1.165) is 52.6 Å². The number of unbranched alkanes of at least 4 members (excludes halogenated alkanes) is 1. The second-order valence-electron chi connectivity index (χ2n) is 8.66. The van der Waals surface area contributed by atoms with Crippen molar-refractivity contribution >= 4 is 33.4 Å². The molecule has 2 aromatic carbocycles. The highest BCUT2D eigenvalue weighted by Crippen LogP contribution is 2.33. The van der Waals surface area contributed by atoms with Gasteiger partial charge in [-0.05, 0) is 54.7 Å². The van der Waals surface area contributed by atoms with E-state index in [-0.39, 0.29) is 17.9 Å². The van der Waals surface area contributed by atoms with Gasteiger partial charge in [-0.15, -0.1) is 11.3 Å². The van der Waals surface area contributed by atoms with Crippen molar-refractivity contribution in [2.75, 3.05) is 6.54 Å². The van der Waals surface area contributed by atoms with Crippen molar-refractivity contribution < 1.29 is 9.59 Å². The van der Waals surface area contributed by atoms with Crippen LogP contribution in [0.4, 0.5) is 0 Å². The van der Waals surface area contributed by atoms with Gasteiger partial charge in [0.2, 0.25) is 0 Å². The van der Waals surface area contributed by atoms with Gasteiger partial charge in [0.1, 0.15) is 0 Å². The lowest BCUT2D eigenvalue weighted by Gasteiger charge is -2.21. The Hall–Kier alpha value is -3.52. The topological polar surface area (TPSA) is 91.0 Å². The molecule has 1 fully saturated rings. The van der Waals surface area contributed by atoms with E-state index in [9.17, 15) is 9.59 Å². The Balaban J connectivity index is 1.35. The van der Waals surface area contributed by atoms with Gasteiger partial charge in [-0.1, -0.05) is 31.5 Å². The van der Waals surface area contributed by atoms with E-state index in [1.54, 1.807) is 6.20 Å². The van der Waals surface area contributed by atoms with Crippen molar-refractivity contribution in [3.63, 3.8) is 0 Å². The lowest BCUT2D eigenvalue weighted by Crippen LogP contribution is -2.32. The predicted octanol–water partition coefficient (Wildman–Crippen LogP) is 5.02. The first-order chi connectivity index (χ1) is 16.6. The number of rotatable bonds is 9. The third kappa shape index (κ3) is 4.87. The summed E-state index contributed by atoms with van der Waals surface area (Å²) >= 11 is 1.42. The molecule has 0 spiro atoms. The lowest BCUT2D eigenvalue weighted by molar-refractivity contribution is 0.0729. The van der Waals surface area contributed by atoms with Crippen LogP contribution in [0.2, 0.25) is 0 Å². The molecule has 0 unspecified atom stereocenters. The molecule has 1 aliphatic carbocycles. The maximum Gasteiger partial charge on any atom is 0.283 e. The largest absolute Gasteiger partial charge is 0.352 e. The van der Waals surface area contributed by atoms with Crippen molar-refractivity contribution in [2.45, 2.75) is 45.2 Å². The Morgan fingerprint density at radius 1 is 1.18 bits per heavy atom. The molecular weight excluding hydrogens is 446 g/mol. The monoisotopic (exact) mass is 473 g/mol. The summed E-state index contributed by atoms with van der Waals surface area (Å²) in [6.45, 7) is 3.24. The summed E-state index contributed by atoms with van der Waals surface area (Å²) in [5, 5.41) is 10.3. The average Bonchev–Trinajstić information content (AvgIpc) is 3.37. The smallest absolute Gasteiger partial charge is 0.283 e. The SMILES string of the molecule is CCCCNC(=O)c1cccc(CN(C(=O)c2nc3ccc(-c4cn[nH]c4)cc3s2)C2CC2)c1. The van der Waals surface area contributed by atoms with E-state index in [0.29, 0.717) is 23.7 Å². The normalized spacial score (nSPS) is 13.2. The molecule has 2 amide bonds. The minimum absolute atomic E-state index is 0.0497.